The fourth-order valence-corrected chi connectivity index (χ4v) is 4.12. The molecule has 3 aromatic carbocycles. The molecule has 0 saturated heterocycles. The second-order valence-corrected chi connectivity index (χ2v) is 8.48. The lowest BCUT2D eigenvalue weighted by atomic mass is 10.2. The van der Waals surface area contributed by atoms with E-state index in [4.69, 9.17) is 27.9 Å². The molecule has 0 bridgehead atoms. The van der Waals surface area contributed by atoms with E-state index in [1.807, 2.05) is 54.6 Å². The summed E-state index contributed by atoms with van der Waals surface area (Å²) in [6.07, 6.45) is 0. The number of rotatable bonds is 8. The molecule has 0 aliphatic heterocycles. The first-order valence-corrected chi connectivity index (χ1v) is 11.2. The van der Waals surface area contributed by atoms with Crippen LogP contribution in [0.1, 0.15) is 5.56 Å². The van der Waals surface area contributed by atoms with Crippen LogP contribution in [0.4, 0.5) is 5.69 Å². The van der Waals surface area contributed by atoms with Gasteiger partial charge in [-0.25, -0.2) is 4.68 Å². The van der Waals surface area contributed by atoms with Crippen LogP contribution < -0.4 is 10.1 Å². The number of carbonyl (C=O) groups excluding carboxylic acids is 1. The van der Waals surface area contributed by atoms with Gasteiger partial charge in [0.25, 0.3) is 5.91 Å². The molecule has 4 rings (SSSR count). The Balaban J connectivity index is 1.45. The van der Waals surface area contributed by atoms with E-state index < -0.39 is 0 Å². The van der Waals surface area contributed by atoms with Gasteiger partial charge in [0.2, 0.25) is 5.28 Å². The Morgan fingerprint density at radius 3 is 2.47 bits per heavy atom. The predicted octanol–water partition coefficient (Wildman–Crippen LogP) is 5.80. The maximum absolute atomic E-state index is 12.4. The van der Waals surface area contributed by atoms with E-state index in [9.17, 15) is 4.79 Å². The number of anilines is 1. The third kappa shape index (κ3) is 6.03. The van der Waals surface area contributed by atoms with Crippen molar-refractivity contribution in [3.05, 3.63) is 94.7 Å². The highest BCUT2D eigenvalue weighted by Gasteiger charge is 2.14. The average molecular weight is 485 g/mol. The number of aromatic nitrogens is 3. The number of carbonyl (C=O) groups is 1. The first kappa shape index (κ1) is 22.2. The summed E-state index contributed by atoms with van der Waals surface area (Å²) in [5.41, 5.74) is 1.73. The number of para-hydroxylation sites is 1. The maximum Gasteiger partial charge on any atom is 0.262 e. The number of ether oxygens (including phenoxy) is 1. The summed E-state index contributed by atoms with van der Waals surface area (Å²) in [5.74, 6) is 0.285. The Morgan fingerprint density at radius 2 is 1.69 bits per heavy atom. The van der Waals surface area contributed by atoms with Gasteiger partial charge in [0.05, 0.1) is 12.2 Å². The molecule has 0 aliphatic rings. The Kier molecular flexibility index (Phi) is 7.32. The minimum atomic E-state index is -0.281. The van der Waals surface area contributed by atoms with Crippen LogP contribution >= 0.6 is 35.0 Å². The van der Waals surface area contributed by atoms with Gasteiger partial charge in [-0.2, -0.15) is 4.98 Å². The van der Waals surface area contributed by atoms with Gasteiger partial charge in [-0.3, -0.25) is 4.79 Å². The van der Waals surface area contributed by atoms with Crippen LogP contribution in [-0.4, -0.2) is 27.3 Å². The molecular weight excluding hydrogens is 467 g/mol. The van der Waals surface area contributed by atoms with Crippen molar-refractivity contribution in [3.63, 3.8) is 0 Å². The Hall–Kier alpha value is -3.00. The SMILES string of the molecule is O=C(COc1ccc(Cl)cc1)Nc1ccccc1Sc1nc(Cl)nn1Cc1ccccc1. The van der Waals surface area contributed by atoms with Crippen LogP contribution in [0, 0.1) is 0 Å². The van der Waals surface area contributed by atoms with Crippen LogP contribution in [0.2, 0.25) is 10.3 Å². The summed E-state index contributed by atoms with van der Waals surface area (Å²) in [7, 11) is 0. The zero-order valence-electron chi connectivity index (χ0n) is 16.7. The summed E-state index contributed by atoms with van der Waals surface area (Å²) in [6, 6.07) is 24.2. The van der Waals surface area contributed by atoms with Crippen molar-refractivity contribution in [2.75, 3.05) is 11.9 Å². The van der Waals surface area contributed by atoms with E-state index >= 15 is 0 Å². The first-order chi connectivity index (χ1) is 15.6. The van der Waals surface area contributed by atoms with Crippen molar-refractivity contribution < 1.29 is 9.53 Å². The second-order valence-electron chi connectivity index (χ2n) is 6.70. The third-order valence-corrected chi connectivity index (χ3v) is 5.81. The standard InChI is InChI=1S/C23H18Cl2N4O2S/c24-17-10-12-18(13-11-17)31-15-21(30)26-19-8-4-5-9-20(19)32-23-27-22(25)28-29(23)14-16-6-2-1-3-7-16/h1-13H,14-15H2,(H,26,30). The molecule has 1 heterocycles. The monoisotopic (exact) mass is 484 g/mol. The van der Waals surface area contributed by atoms with E-state index in [2.05, 4.69) is 15.4 Å². The minimum Gasteiger partial charge on any atom is -0.484 e. The molecule has 1 amide bonds. The molecular formula is C23H18Cl2N4O2S. The summed E-state index contributed by atoms with van der Waals surface area (Å²) in [6.45, 7) is 0.406. The lowest BCUT2D eigenvalue weighted by molar-refractivity contribution is -0.118. The number of benzene rings is 3. The molecule has 0 saturated carbocycles. The van der Waals surface area contributed by atoms with Gasteiger partial charge >= 0.3 is 0 Å². The van der Waals surface area contributed by atoms with Gasteiger partial charge in [0.15, 0.2) is 11.8 Å². The zero-order chi connectivity index (χ0) is 22.3. The van der Waals surface area contributed by atoms with Crippen LogP contribution in [0.3, 0.4) is 0 Å². The molecule has 4 aromatic rings. The summed E-state index contributed by atoms with van der Waals surface area (Å²) in [5, 5.41) is 8.58. The van der Waals surface area contributed by atoms with Crippen molar-refractivity contribution in [1.82, 2.24) is 14.8 Å². The van der Waals surface area contributed by atoms with Gasteiger partial charge in [-0.1, -0.05) is 54.1 Å². The van der Waals surface area contributed by atoms with E-state index in [0.29, 0.717) is 28.2 Å². The fraction of sp³-hybridized carbons (Fsp3) is 0.0870. The number of nitrogens with zero attached hydrogens (tertiary/aromatic N) is 3. The second kappa shape index (κ2) is 10.5. The molecule has 6 nitrogen and oxygen atoms in total. The van der Waals surface area contributed by atoms with Crippen molar-refractivity contribution in [1.29, 1.82) is 0 Å². The van der Waals surface area contributed by atoms with E-state index in [0.717, 1.165) is 10.5 Å². The number of halogens is 2. The lowest BCUT2D eigenvalue weighted by Crippen LogP contribution is -2.20. The quantitative estimate of drug-likeness (QED) is 0.342. The molecule has 1 aromatic heterocycles. The fourth-order valence-electron chi connectivity index (χ4n) is 2.86. The normalized spacial score (nSPS) is 10.7. The molecule has 0 fully saturated rings. The number of nitrogens with one attached hydrogen (secondary N) is 1. The zero-order valence-corrected chi connectivity index (χ0v) is 19.1. The average Bonchev–Trinajstić information content (AvgIpc) is 3.14. The number of hydrogen-bond donors (Lipinski definition) is 1. The van der Waals surface area contributed by atoms with Crippen molar-refractivity contribution in [2.24, 2.45) is 0 Å². The molecule has 0 aliphatic carbocycles. The van der Waals surface area contributed by atoms with Gasteiger partial charge in [-0.05, 0) is 65.3 Å². The first-order valence-electron chi connectivity index (χ1n) is 9.66. The smallest absolute Gasteiger partial charge is 0.262 e. The van der Waals surface area contributed by atoms with Crippen LogP contribution in [0.5, 0.6) is 5.75 Å². The topological polar surface area (TPSA) is 69.0 Å². The minimum absolute atomic E-state index is 0.128. The van der Waals surface area contributed by atoms with Gasteiger partial charge in [0.1, 0.15) is 5.75 Å². The molecule has 1 N–H and O–H groups in total. The summed E-state index contributed by atoms with van der Waals surface area (Å²) >= 11 is 13.3. The van der Waals surface area contributed by atoms with Gasteiger partial charge in [-0.15, -0.1) is 5.10 Å². The van der Waals surface area contributed by atoms with Crippen molar-refractivity contribution in [3.8, 4) is 5.75 Å². The Labute approximate surface area is 199 Å². The number of hydrogen-bond acceptors (Lipinski definition) is 5. The highest BCUT2D eigenvalue weighted by molar-refractivity contribution is 7.99. The highest BCUT2D eigenvalue weighted by atomic mass is 35.5. The van der Waals surface area contributed by atoms with E-state index in [1.165, 1.54) is 11.8 Å². The van der Waals surface area contributed by atoms with Crippen LogP contribution in [-0.2, 0) is 11.3 Å². The molecule has 32 heavy (non-hydrogen) atoms. The van der Waals surface area contributed by atoms with E-state index in [-0.39, 0.29) is 17.8 Å². The van der Waals surface area contributed by atoms with Crippen LogP contribution in [0.15, 0.2) is 88.9 Å². The van der Waals surface area contributed by atoms with Crippen molar-refractivity contribution >= 4 is 46.6 Å². The lowest BCUT2D eigenvalue weighted by Gasteiger charge is -2.12. The molecule has 0 atom stereocenters. The Morgan fingerprint density at radius 1 is 0.969 bits per heavy atom. The predicted molar refractivity (Wildman–Crippen MR) is 127 cm³/mol. The summed E-state index contributed by atoms with van der Waals surface area (Å²) < 4.78 is 7.26. The van der Waals surface area contributed by atoms with Crippen molar-refractivity contribution in [2.45, 2.75) is 16.6 Å². The largest absolute Gasteiger partial charge is 0.484 e. The summed E-state index contributed by atoms with van der Waals surface area (Å²) in [4.78, 5) is 17.6. The molecule has 0 spiro atoms. The van der Waals surface area contributed by atoms with Gasteiger partial charge < -0.3 is 10.1 Å². The highest BCUT2D eigenvalue weighted by Crippen LogP contribution is 2.33. The maximum atomic E-state index is 12.4. The third-order valence-electron chi connectivity index (χ3n) is 4.33. The van der Waals surface area contributed by atoms with Crippen LogP contribution in [0.25, 0.3) is 0 Å². The molecule has 0 unspecified atom stereocenters. The molecule has 0 radical (unpaired) electrons. The molecule has 9 heteroatoms. The molecule has 162 valence electrons. The number of amides is 1. The van der Waals surface area contributed by atoms with Gasteiger partial charge in [0, 0.05) is 9.92 Å². The Bertz CT molecular complexity index is 1200. The van der Waals surface area contributed by atoms with E-state index in [1.54, 1.807) is 28.9 Å².